The van der Waals surface area contributed by atoms with Gasteiger partial charge in [-0.15, -0.1) is 0 Å². The Morgan fingerprint density at radius 1 is 0.949 bits per heavy atom. The van der Waals surface area contributed by atoms with Crippen LogP contribution in [0.3, 0.4) is 0 Å². The Kier molecular flexibility index (Phi) is 8.52. The molecule has 0 spiro atoms. The van der Waals surface area contributed by atoms with Crippen LogP contribution >= 0.6 is 0 Å². The quantitative estimate of drug-likeness (QED) is 0.322. The standard InChI is InChI=1S/C30H31F2N3O4/c1-3-18-5-4-6-19(10-18)15-34-16-25(26(33)13-20-11-21(31)14-22(32)12-20)27(30(38)39)35-28(36)23-8-7-17(2)9-24(23)29(35)37/h4-12,14,25-27,34H,3,13,15-16,33H2,1-2H3,(H,38,39)/t25?,26?,27-/m0/s1. The minimum absolute atomic E-state index is 0.0265. The Balaban J connectivity index is 1.65. The molecule has 1 aliphatic heterocycles. The van der Waals surface area contributed by atoms with E-state index in [2.05, 4.69) is 5.32 Å². The van der Waals surface area contributed by atoms with Crippen LogP contribution in [-0.4, -0.2) is 46.4 Å². The van der Waals surface area contributed by atoms with Crippen LogP contribution in [-0.2, 0) is 24.2 Å². The average molecular weight is 536 g/mol. The van der Waals surface area contributed by atoms with Gasteiger partial charge in [0, 0.05) is 31.1 Å². The van der Waals surface area contributed by atoms with Crippen LogP contribution in [0.15, 0.2) is 60.7 Å². The monoisotopic (exact) mass is 535 g/mol. The normalized spacial score (nSPS) is 15.3. The summed E-state index contributed by atoms with van der Waals surface area (Å²) in [6.45, 7) is 4.22. The van der Waals surface area contributed by atoms with Crippen molar-refractivity contribution in [3.05, 3.63) is 106 Å². The van der Waals surface area contributed by atoms with Gasteiger partial charge in [0.15, 0.2) is 0 Å². The predicted octanol–water partition coefficient (Wildman–Crippen LogP) is 3.86. The minimum atomic E-state index is -1.61. The lowest BCUT2D eigenvalue weighted by atomic mass is 9.86. The summed E-state index contributed by atoms with van der Waals surface area (Å²) in [5, 5.41) is 13.5. The lowest BCUT2D eigenvalue weighted by molar-refractivity contribution is -0.143. The number of imide groups is 1. The molecule has 3 atom stereocenters. The number of benzene rings is 3. The molecule has 7 nitrogen and oxygen atoms in total. The molecule has 204 valence electrons. The van der Waals surface area contributed by atoms with Crippen molar-refractivity contribution >= 4 is 17.8 Å². The molecule has 3 aromatic carbocycles. The highest BCUT2D eigenvalue weighted by atomic mass is 19.1. The van der Waals surface area contributed by atoms with Crippen molar-refractivity contribution in [2.75, 3.05) is 6.54 Å². The maximum absolute atomic E-state index is 13.9. The molecular weight excluding hydrogens is 504 g/mol. The SMILES string of the molecule is CCc1cccc(CNCC(C(N)Cc2cc(F)cc(F)c2)[C@@H](C(=O)O)N2C(=O)c3ccc(C)cc3C2=O)c1. The van der Waals surface area contributed by atoms with E-state index in [0.29, 0.717) is 6.54 Å². The Labute approximate surface area is 225 Å². The number of carboxylic acids is 1. The average Bonchev–Trinajstić information content (AvgIpc) is 3.11. The van der Waals surface area contributed by atoms with Gasteiger partial charge >= 0.3 is 5.97 Å². The summed E-state index contributed by atoms with van der Waals surface area (Å²) < 4.78 is 27.7. The fourth-order valence-electron chi connectivity index (χ4n) is 5.10. The summed E-state index contributed by atoms with van der Waals surface area (Å²) >= 11 is 0. The van der Waals surface area contributed by atoms with Gasteiger partial charge in [0.2, 0.25) is 0 Å². The van der Waals surface area contributed by atoms with E-state index in [9.17, 15) is 28.3 Å². The fraction of sp³-hybridized carbons (Fsp3) is 0.300. The predicted molar refractivity (Wildman–Crippen MR) is 142 cm³/mol. The van der Waals surface area contributed by atoms with Gasteiger partial charge in [0.25, 0.3) is 11.8 Å². The second-order valence-electron chi connectivity index (χ2n) is 9.93. The Morgan fingerprint density at radius 2 is 1.62 bits per heavy atom. The zero-order valence-corrected chi connectivity index (χ0v) is 21.8. The number of aryl methyl sites for hydroxylation is 2. The van der Waals surface area contributed by atoms with Gasteiger partial charge in [-0.2, -0.15) is 0 Å². The third-order valence-electron chi connectivity index (χ3n) is 7.06. The molecule has 3 aromatic rings. The van der Waals surface area contributed by atoms with Crippen molar-refractivity contribution in [2.45, 2.75) is 45.3 Å². The molecule has 2 amide bonds. The van der Waals surface area contributed by atoms with Crippen LogP contribution in [0.2, 0.25) is 0 Å². The molecular formula is C30H31F2N3O4. The summed E-state index contributed by atoms with van der Waals surface area (Å²) in [5.41, 5.74) is 9.86. The van der Waals surface area contributed by atoms with Crippen molar-refractivity contribution in [1.29, 1.82) is 0 Å². The highest BCUT2D eigenvalue weighted by molar-refractivity contribution is 6.22. The highest BCUT2D eigenvalue weighted by Crippen LogP contribution is 2.30. The molecule has 4 rings (SSSR count). The van der Waals surface area contributed by atoms with Crippen LogP contribution in [0, 0.1) is 24.5 Å². The van der Waals surface area contributed by atoms with Gasteiger partial charge in [0.1, 0.15) is 17.7 Å². The molecule has 0 fully saturated rings. The van der Waals surface area contributed by atoms with Crippen LogP contribution in [0.4, 0.5) is 8.78 Å². The summed E-state index contributed by atoms with van der Waals surface area (Å²) in [4.78, 5) is 40.0. The molecule has 2 unspecified atom stereocenters. The zero-order valence-electron chi connectivity index (χ0n) is 21.8. The van der Waals surface area contributed by atoms with Crippen molar-refractivity contribution in [3.8, 4) is 0 Å². The molecule has 4 N–H and O–H groups in total. The van der Waals surface area contributed by atoms with E-state index in [-0.39, 0.29) is 29.7 Å². The first-order valence-electron chi connectivity index (χ1n) is 12.8. The molecule has 9 heteroatoms. The molecule has 1 heterocycles. The second-order valence-corrected chi connectivity index (χ2v) is 9.93. The molecule has 0 radical (unpaired) electrons. The first-order valence-corrected chi connectivity index (χ1v) is 12.8. The van der Waals surface area contributed by atoms with Crippen LogP contribution in [0.1, 0.15) is 49.9 Å². The Bertz CT molecular complexity index is 1390. The number of halogens is 2. The van der Waals surface area contributed by atoms with E-state index in [1.807, 2.05) is 31.2 Å². The van der Waals surface area contributed by atoms with E-state index in [4.69, 9.17) is 5.73 Å². The van der Waals surface area contributed by atoms with Gasteiger partial charge < -0.3 is 16.2 Å². The largest absolute Gasteiger partial charge is 0.480 e. The fourth-order valence-corrected chi connectivity index (χ4v) is 5.10. The lowest BCUT2D eigenvalue weighted by Gasteiger charge is -2.34. The van der Waals surface area contributed by atoms with E-state index in [0.717, 1.165) is 46.2 Å². The molecule has 0 bridgehead atoms. The first kappa shape index (κ1) is 28.1. The molecule has 1 aliphatic rings. The Hall–Kier alpha value is -3.95. The van der Waals surface area contributed by atoms with E-state index >= 15 is 0 Å². The summed E-state index contributed by atoms with van der Waals surface area (Å²) in [6, 6.07) is 13.0. The number of nitrogens with one attached hydrogen (secondary N) is 1. The van der Waals surface area contributed by atoms with Gasteiger partial charge in [-0.3, -0.25) is 14.5 Å². The first-order chi connectivity index (χ1) is 18.6. The number of fused-ring (bicyclic) bond motifs is 1. The highest BCUT2D eigenvalue weighted by Gasteiger charge is 2.47. The number of carbonyl (C=O) groups is 3. The molecule has 0 aliphatic carbocycles. The third-order valence-corrected chi connectivity index (χ3v) is 7.06. The maximum Gasteiger partial charge on any atom is 0.327 e. The van der Waals surface area contributed by atoms with Gasteiger partial charge in [-0.25, -0.2) is 13.6 Å². The smallest absolute Gasteiger partial charge is 0.327 e. The van der Waals surface area contributed by atoms with Gasteiger partial charge in [0.05, 0.1) is 11.1 Å². The van der Waals surface area contributed by atoms with Crippen molar-refractivity contribution in [3.63, 3.8) is 0 Å². The molecule has 0 saturated heterocycles. The van der Waals surface area contributed by atoms with Gasteiger partial charge in [-0.1, -0.05) is 42.8 Å². The summed E-state index contributed by atoms with van der Waals surface area (Å²) in [5.74, 6) is -5.38. The van der Waals surface area contributed by atoms with Crippen LogP contribution in [0.25, 0.3) is 0 Å². The third kappa shape index (κ3) is 6.21. The number of nitrogens with zero attached hydrogens (tertiary/aromatic N) is 1. The number of nitrogens with two attached hydrogens (primary N) is 1. The topological polar surface area (TPSA) is 113 Å². The second kappa shape index (κ2) is 11.8. The molecule has 39 heavy (non-hydrogen) atoms. The van der Waals surface area contributed by atoms with Crippen molar-refractivity contribution in [1.82, 2.24) is 10.2 Å². The lowest BCUT2D eigenvalue weighted by Crippen LogP contribution is -2.57. The van der Waals surface area contributed by atoms with Gasteiger partial charge in [-0.05, 0) is 60.7 Å². The Morgan fingerprint density at radius 3 is 2.28 bits per heavy atom. The van der Waals surface area contributed by atoms with E-state index in [1.165, 1.54) is 6.07 Å². The number of hydrogen-bond donors (Lipinski definition) is 3. The summed E-state index contributed by atoms with van der Waals surface area (Å²) in [7, 11) is 0. The minimum Gasteiger partial charge on any atom is -0.480 e. The van der Waals surface area contributed by atoms with E-state index in [1.54, 1.807) is 19.1 Å². The number of carbonyl (C=O) groups excluding carboxylic acids is 2. The number of aliphatic carboxylic acids is 1. The number of hydrogen-bond acceptors (Lipinski definition) is 5. The van der Waals surface area contributed by atoms with Crippen molar-refractivity contribution in [2.24, 2.45) is 11.7 Å². The number of rotatable bonds is 11. The maximum atomic E-state index is 13.9. The van der Waals surface area contributed by atoms with Crippen molar-refractivity contribution < 1.29 is 28.3 Å². The van der Waals surface area contributed by atoms with E-state index < -0.39 is 47.4 Å². The number of amides is 2. The molecule has 0 aromatic heterocycles. The number of carboxylic acid groups (broad SMARTS) is 1. The summed E-state index contributed by atoms with van der Waals surface area (Å²) in [6.07, 6.45) is 0.782. The van der Waals surface area contributed by atoms with Crippen LogP contribution in [0.5, 0.6) is 0 Å². The van der Waals surface area contributed by atoms with Crippen LogP contribution < -0.4 is 11.1 Å². The zero-order chi connectivity index (χ0) is 28.3. The molecule has 0 saturated carbocycles.